The van der Waals surface area contributed by atoms with Crippen LogP contribution < -0.4 is 5.46 Å². The number of H-pyrrole nitrogens is 1. The van der Waals surface area contributed by atoms with Crippen LogP contribution in [0.5, 0.6) is 0 Å². The molecule has 0 bridgehead atoms. The van der Waals surface area contributed by atoms with E-state index in [-0.39, 0.29) is 18.3 Å². The van der Waals surface area contributed by atoms with Gasteiger partial charge in [0.05, 0.1) is 16.7 Å². The van der Waals surface area contributed by atoms with E-state index in [0.29, 0.717) is 0 Å². The molecule has 6 rings (SSSR count). The first-order valence-electron chi connectivity index (χ1n) is 11.9. The number of benzene rings is 4. The van der Waals surface area contributed by atoms with Crippen molar-refractivity contribution in [1.82, 2.24) is 4.98 Å². The van der Waals surface area contributed by atoms with Crippen LogP contribution in [0, 0.1) is 0 Å². The van der Waals surface area contributed by atoms with Crippen molar-refractivity contribution in [1.29, 1.82) is 0 Å². The summed E-state index contributed by atoms with van der Waals surface area (Å²) in [7, 11) is -0.384. The number of aromatic nitrogens is 1. The minimum atomic E-state index is -0.384. The molecule has 1 N–H and O–H groups in total. The molecule has 5 aromatic rings. The summed E-state index contributed by atoms with van der Waals surface area (Å²) >= 11 is 0. The van der Waals surface area contributed by atoms with Crippen molar-refractivity contribution < 1.29 is 9.31 Å². The smallest absolute Gasteiger partial charge is 0.399 e. The van der Waals surface area contributed by atoms with Crippen molar-refractivity contribution in [2.24, 2.45) is 0 Å². The van der Waals surface area contributed by atoms with Crippen molar-refractivity contribution >= 4 is 34.4 Å². The van der Waals surface area contributed by atoms with Crippen molar-refractivity contribution in [2.75, 3.05) is 0 Å². The van der Waals surface area contributed by atoms with Gasteiger partial charge in [-0.15, -0.1) is 0 Å². The fourth-order valence-corrected chi connectivity index (χ4v) is 4.79. The second-order valence-corrected chi connectivity index (χ2v) is 10.2. The number of hydrogen-bond acceptors (Lipinski definition) is 2. The zero-order valence-electron chi connectivity index (χ0n) is 20.1. The van der Waals surface area contributed by atoms with E-state index in [2.05, 4.69) is 124 Å². The Kier molecular flexibility index (Phi) is 4.74. The first-order chi connectivity index (χ1) is 16.3. The third-order valence-electron chi connectivity index (χ3n) is 7.45. The highest BCUT2D eigenvalue weighted by atomic mass is 16.7. The SMILES string of the molecule is CC1(C)OB(c2ccc3[nH]c4c(-c5ccccc5)cc(-c5ccccc5)cc4c3c2)OC1(C)C. The number of aromatic amines is 1. The summed E-state index contributed by atoms with van der Waals surface area (Å²) in [5.41, 5.74) is 7.37. The van der Waals surface area contributed by atoms with E-state index in [1.54, 1.807) is 0 Å². The first kappa shape index (κ1) is 21.2. The summed E-state index contributed by atoms with van der Waals surface area (Å²) < 4.78 is 12.7. The summed E-state index contributed by atoms with van der Waals surface area (Å²) in [5.74, 6) is 0. The minimum absolute atomic E-state index is 0.367. The quantitative estimate of drug-likeness (QED) is 0.305. The minimum Gasteiger partial charge on any atom is -0.399 e. The average Bonchev–Trinajstić information content (AvgIpc) is 3.32. The maximum atomic E-state index is 6.34. The molecule has 0 amide bonds. The first-order valence-corrected chi connectivity index (χ1v) is 11.9. The second-order valence-electron chi connectivity index (χ2n) is 10.2. The molecule has 0 atom stereocenters. The maximum absolute atomic E-state index is 6.34. The highest BCUT2D eigenvalue weighted by Gasteiger charge is 2.51. The summed E-state index contributed by atoms with van der Waals surface area (Å²) in [6.45, 7) is 8.37. The van der Waals surface area contributed by atoms with Crippen molar-refractivity contribution in [2.45, 2.75) is 38.9 Å². The molecule has 1 fully saturated rings. The lowest BCUT2D eigenvalue weighted by molar-refractivity contribution is 0.00578. The van der Waals surface area contributed by atoms with Crippen LogP contribution in [0.4, 0.5) is 0 Å². The highest BCUT2D eigenvalue weighted by molar-refractivity contribution is 6.62. The summed E-state index contributed by atoms with van der Waals surface area (Å²) in [6, 6.07) is 32.2. The number of fused-ring (bicyclic) bond motifs is 3. The van der Waals surface area contributed by atoms with E-state index < -0.39 is 0 Å². The molecular formula is C30H28BNO2. The molecule has 1 aliphatic rings. The largest absolute Gasteiger partial charge is 0.494 e. The standard InChI is InChI=1S/C30H28BNO2/c1-29(2)30(3,4)34-31(33-29)23-15-16-27-25(19-23)26-18-22(20-11-7-5-8-12-20)17-24(28(26)32-27)21-13-9-6-10-14-21/h5-19,32H,1-4H3. The Morgan fingerprint density at radius 3 is 1.88 bits per heavy atom. The molecule has 0 saturated carbocycles. The molecule has 2 heterocycles. The molecule has 1 saturated heterocycles. The predicted octanol–water partition coefficient (Wildman–Crippen LogP) is 6.95. The van der Waals surface area contributed by atoms with Crippen LogP contribution in [-0.2, 0) is 9.31 Å². The van der Waals surface area contributed by atoms with Crippen molar-refractivity contribution in [3.63, 3.8) is 0 Å². The topological polar surface area (TPSA) is 34.2 Å². The van der Waals surface area contributed by atoms with Crippen LogP contribution in [-0.4, -0.2) is 23.3 Å². The van der Waals surface area contributed by atoms with Crippen LogP contribution in [0.1, 0.15) is 27.7 Å². The molecule has 0 aliphatic carbocycles. The Bertz CT molecular complexity index is 1490. The molecule has 3 nitrogen and oxygen atoms in total. The monoisotopic (exact) mass is 445 g/mol. The third-order valence-corrected chi connectivity index (χ3v) is 7.45. The van der Waals surface area contributed by atoms with Gasteiger partial charge in [0, 0.05) is 21.9 Å². The molecule has 1 aromatic heterocycles. The highest BCUT2D eigenvalue weighted by Crippen LogP contribution is 2.39. The van der Waals surface area contributed by atoms with E-state index >= 15 is 0 Å². The van der Waals surface area contributed by atoms with Gasteiger partial charge in [0.25, 0.3) is 0 Å². The summed E-state index contributed by atoms with van der Waals surface area (Å²) in [5, 5.41) is 2.38. The molecule has 1 aliphatic heterocycles. The third kappa shape index (κ3) is 3.37. The zero-order chi connectivity index (χ0) is 23.5. The summed E-state index contributed by atoms with van der Waals surface area (Å²) in [4.78, 5) is 3.69. The van der Waals surface area contributed by atoms with Crippen LogP contribution in [0.15, 0.2) is 91.0 Å². The number of rotatable bonds is 3. The molecular weight excluding hydrogens is 417 g/mol. The Balaban J connectivity index is 1.57. The van der Waals surface area contributed by atoms with Gasteiger partial charge < -0.3 is 14.3 Å². The zero-order valence-corrected chi connectivity index (χ0v) is 20.1. The fraction of sp³-hybridized carbons (Fsp3) is 0.200. The molecule has 0 unspecified atom stereocenters. The van der Waals surface area contributed by atoms with E-state index in [9.17, 15) is 0 Å². The molecule has 168 valence electrons. The van der Waals surface area contributed by atoms with E-state index in [1.807, 2.05) is 0 Å². The molecule has 4 heteroatoms. The molecule has 4 aromatic carbocycles. The normalized spacial score (nSPS) is 17.0. The van der Waals surface area contributed by atoms with Crippen molar-refractivity contribution in [3.8, 4) is 22.3 Å². The van der Waals surface area contributed by atoms with E-state index in [1.165, 1.54) is 33.0 Å². The van der Waals surface area contributed by atoms with Gasteiger partial charge in [-0.1, -0.05) is 72.8 Å². The van der Waals surface area contributed by atoms with Gasteiger partial charge in [0.1, 0.15) is 0 Å². The molecule has 0 spiro atoms. The fourth-order valence-electron chi connectivity index (χ4n) is 4.79. The van der Waals surface area contributed by atoms with Crippen LogP contribution in [0.2, 0.25) is 0 Å². The lowest BCUT2D eigenvalue weighted by Gasteiger charge is -2.32. The molecule has 34 heavy (non-hydrogen) atoms. The summed E-state index contributed by atoms with van der Waals surface area (Å²) in [6.07, 6.45) is 0. The van der Waals surface area contributed by atoms with Gasteiger partial charge >= 0.3 is 7.12 Å². The Labute approximate surface area is 200 Å². The van der Waals surface area contributed by atoms with Gasteiger partial charge in [-0.3, -0.25) is 0 Å². The van der Waals surface area contributed by atoms with Gasteiger partial charge in [-0.05, 0) is 68.0 Å². The van der Waals surface area contributed by atoms with Gasteiger partial charge in [-0.25, -0.2) is 0 Å². The predicted molar refractivity (Wildman–Crippen MR) is 142 cm³/mol. The second kappa shape index (κ2) is 7.59. The lowest BCUT2D eigenvalue weighted by atomic mass is 9.78. The maximum Gasteiger partial charge on any atom is 0.494 e. The van der Waals surface area contributed by atoms with Gasteiger partial charge in [-0.2, -0.15) is 0 Å². The van der Waals surface area contributed by atoms with E-state index in [0.717, 1.165) is 16.5 Å². The Hall–Kier alpha value is -3.34. The van der Waals surface area contributed by atoms with Crippen LogP contribution >= 0.6 is 0 Å². The van der Waals surface area contributed by atoms with E-state index in [4.69, 9.17) is 9.31 Å². The number of nitrogens with one attached hydrogen (secondary N) is 1. The number of hydrogen-bond donors (Lipinski definition) is 1. The average molecular weight is 445 g/mol. The lowest BCUT2D eigenvalue weighted by Crippen LogP contribution is -2.41. The van der Waals surface area contributed by atoms with Gasteiger partial charge in [0.15, 0.2) is 0 Å². The molecule has 0 radical (unpaired) electrons. The Morgan fingerprint density at radius 1 is 0.618 bits per heavy atom. The van der Waals surface area contributed by atoms with Gasteiger partial charge in [0.2, 0.25) is 0 Å². The van der Waals surface area contributed by atoms with Crippen molar-refractivity contribution in [3.05, 3.63) is 91.0 Å². The van der Waals surface area contributed by atoms with Crippen LogP contribution in [0.3, 0.4) is 0 Å². The van der Waals surface area contributed by atoms with Crippen LogP contribution in [0.25, 0.3) is 44.1 Å². The Morgan fingerprint density at radius 2 is 1.24 bits per heavy atom.